The molecule has 5 nitrogen and oxygen atoms in total. The van der Waals surface area contributed by atoms with Crippen molar-refractivity contribution in [2.75, 3.05) is 11.9 Å². The molecule has 0 spiro atoms. The molecule has 1 aliphatic rings. The van der Waals surface area contributed by atoms with Crippen LogP contribution in [0.5, 0.6) is 0 Å². The Hall–Kier alpha value is -2.63. The van der Waals surface area contributed by atoms with Crippen molar-refractivity contribution in [3.05, 3.63) is 53.7 Å². The molecule has 1 N–H and O–H groups in total. The molecule has 0 saturated heterocycles. The molecule has 6 heteroatoms. The van der Waals surface area contributed by atoms with Gasteiger partial charge in [-0.1, -0.05) is 6.07 Å². The predicted octanol–water partition coefficient (Wildman–Crippen LogP) is 2.89. The lowest BCUT2D eigenvalue weighted by Crippen LogP contribution is -2.38. The van der Waals surface area contributed by atoms with Crippen LogP contribution in [0.3, 0.4) is 0 Å². The molecule has 0 bridgehead atoms. The summed E-state index contributed by atoms with van der Waals surface area (Å²) >= 11 is 0. The number of carbonyl (C=O) groups excluding carboxylic acids is 2. The summed E-state index contributed by atoms with van der Waals surface area (Å²) in [5.41, 5.74) is 1.02. The van der Waals surface area contributed by atoms with Crippen LogP contribution in [0.4, 0.5) is 10.1 Å². The van der Waals surface area contributed by atoms with Crippen molar-refractivity contribution in [2.24, 2.45) is 0 Å². The lowest BCUT2D eigenvalue weighted by molar-refractivity contribution is -0.135. The minimum absolute atomic E-state index is 0.0616. The van der Waals surface area contributed by atoms with Gasteiger partial charge in [0.1, 0.15) is 11.6 Å². The summed E-state index contributed by atoms with van der Waals surface area (Å²) in [7, 11) is 0. The van der Waals surface area contributed by atoms with Crippen molar-refractivity contribution in [2.45, 2.75) is 25.8 Å². The summed E-state index contributed by atoms with van der Waals surface area (Å²) in [5, 5.41) is 2.62. The molecule has 1 aromatic heterocycles. The molecule has 1 atom stereocenters. The Morgan fingerprint density at radius 3 is 2.96 bits per heavy atom. The van der Waals surface area contributed by atoms with Gasteiger partial charge in [0, 0.05) is 18.7 Å². The van der Waals surface area contributed by atoms with Gasteiger partial charge in [-0.05, 0) is 36.8 Å². The van der Waals surface area contributed by atoms with Crippen molar-refractivity contribution < 1.29 is 18.4 Å². The molecule has 23 heavy (non-hydrogen) atoms. The first-order valence-corrected chi connectivity index (χ1v) is 7.49. The maximum Gasteiger partial charge on any atom is 0.231 e. The molecular weight excluding hydrogens is 299 g/mol. The van der Waals surface area contributed by atoms with Crippen LogP contribution in [0.15, 0.2) is 41.0 Å². The summed E-state index contributed by atoms with van der Waals surface area (Å²) < 4.78 is 18.7. The number of nitrogens with zero attached hydrogens (tertiary/aromatic N) is 1. The van der Waals surface area contributed by atoms with Crippen molar-refractivity contribution in [1.29, 1.82) is 0 Å². The first-order chi connectivity index (χ1) is 11.1. The Labute approximate surface area is 133 Å². The number of amides is 2. The Bertz CT molecular complexity index is 727. The zero-order valence-corrected chi connectivity index (χ0v) is 12.7. The Kier molecular flexibility index (Phi) is 4.14. The van der Waals surface area contributed by atoms with Gasteiger partial charge in [-0.25, -0.2) is 4.39 Å². The minimum atomic E-state index is -0.603. The van der Waals surface area contributed by atoms with Crippen LogP contribution in [0.2, 0.25) is 0 Å². The van der Waals surface area contributed by atoms with E-state index < -0.39 is 11.7 Å². The minimum Gasteiger partial charge on any atom is -0.467 e. The third kappa shape index (κ3) is 3.11. The summed E-state index contributed by atoms with van der Waals surface area (Å²) in [6.07, 6.45) is 1.62. The fourth-order valence-corrected chi connectivity index (χ4v) is 2.81. The Morgan fingerprint density at radius 1 is 1.43 bits per heavy atom. The van der Waals surface area contributed by atoms with E-state index in [-0.39, 0.29) is 18.2 Å². The van der Waals surface area contributed by atoms with E-state index in [2.05, 4.69) is 5.32 Å². The van der Waals surface area contributed by atoms with Crippen molar-refractivity contribution in [3.63, 3.8) is 0 Å². The van der Waals surface area contributed by atoms with Crippen LogP contribution in [0.1, 0.15) is 30.6 Å². The zero-order chi connectivity index (χ0) is 16.4. The number of likely N-dealkylation sites (N-methyl/N-ethyl adjacent to an activating group) is 1. The fourth-order valence-electron chi connectivity index (χ4n) is 2.81. The Balaban J connectivity index is 1.88. The van der Waals surface area contributed by atoms with E-state index in [9.17, 15) is 14.0 Å². The van der Waals surface area contributed by atoms with E-state index in [4.69, 9.17) is 4.42 Å². The number of anilines is 1. The molecule has 2 heterocycles. The number of carbonyl (C=O) groups is 2. The van der Waals surface area contributed by atoms with Gasteiger partial charge in [-0.15, -0.1) is 0 Å². The lowest BCUT2D eigenvalue weighted by atomic mass is 9.89. The number of fused-ring (bicyclic) bond motifs is 1. The van der Waals surface area contributed by atoms with Gasteiger partial charge in [0.05, 0.1) is 18.7 Å². The standard InChI is InChI=1S/C17H17FN2O3/c1-2-20(10-12-4-3-7-23-12)17(22)14-9-16(21)19-15-8-11(18)5-6-13(14)15/h3-8,14H,2,9-10H2,1H3,(H,19,21)/t14-/m1/s1. The molecule has 0 aliphatic carbocycles. The van der Waals surface area contributed by atoms with Gasteiger partial charge in [-0.3, -0.25) is 9.59 Å². The van der Waals surface area contributed by atoms with Gasteiger partial charge in [0.15, 0.2) is 0 Å². The highest BCUT2D eigenvalue weighted by molar-refractivity contribution is 6.01. The van der Waals surface area contributed by atoms with Gasteiger partial charge in [0.25, 0.3) is 0 Å². The summed E-state index contributed by atoms with van der Waals surface area (Å²) in [4.78, 5) is 26.4. The molecule has 2 amide bonds. The molecule has 0 unspecified atom stereocenters. The summed E-state index contributed by atoms with van der Waals surface area (Å²) in [6, 6.07) is 7.68. The van der Waals surface area contributed by atoms with Crippen LogP contribution in [-0.2, 0) is 16.1 Å². The Morgan fingerprint density at radius 2 is 2.26 bits per heavy atom. The van der Waals surface area contributed by atoms with Crippen molar-refractivity contribution >= 4 is 17.5 Å². The molecule has 120 valence electrons. The van der Waals surface area contributed by atoms with Crippen molar-refractivity contribution in [1.82, 2.24) is 4.90 Å². The van der Waals surface area contributed by atoms with E-state index in [0.29, 0.717) is 30.1 Å². The maximum atomic E-state index is 13.4. The normalized spacial score (nSPS) is 16.6. The average Bonchev–Trinajstić information content (AvgIpc) is 3.03. The number of halogens is 1. The first kappa shape index (κ1) is 15.3. The highest BCUT2D eigenvalue weighted by Gasteiger charge is 2.33. The number of hydrogen-bond donors (Lipinski definition) is 1. The van der Waals surface area contributed by atoms with Crippen LogP contribution < -0.4 is 5.32 Å². The van der Waals surface area contributed by atoms with Gasteiger partial charge in [0.2, 0.25) is 11.8 Å². The fraction of sp³-hybridized carbons (Fsp3) is 0.294. The van der Waals surface area contributed by atoms with Crippen molar-refractivity contribution in [3.8, 4) is 0 Å². The molecule has 1 aromatic carbocycles. The molecule has 2 aromatic rings. The molecule has 0 saturated carbocycles. The molecule has 3 rings (SSSR count). The highest BCUT2D eigenvalue weighted by atomic mass is 19.1. The third-order valence-electron chi connectivity index (χ3n) is 3.97. The zero-order valence-electron chi connectivity index (χ0n) is 12.7. The van der Waals surface area contributed by atoms with E-state index in [0.717, 1.165) is 0 Å². The van der Waals surface area contributed by atoms with E-state index in [1.54, 1.807) is 29.4 Å². The summed E-state index contributed by atoms with van der Waals surface area (Å²) in [5.74, 6) is -0.809. The molecule has 0 radical (unpaired) electrons. The molecule has 0 fully saturated rings. The van der Waals surface area contributed by atoms with Gasteiger partial charge < -0.3 is 14.6 Å². The van der Waals surface area contributed by atoms with E-state index >= 15 is 0 Å². The average molecular weight is 316 g/mol. The van der Waals surface area contributed by atoms with Gasteiger partial charge in [-0.2, -0.15) is 0 Å². The topological polar surface area (TPSA) is 62.6 Å². The summed E-state index contributed by atoms with van der Waals surface area (Å²) in [6.45, 7) is 2.71. The van der Waals surface area contributed by atoms with Crippen LogP contribution in [0, 0.1) is 5.82 Å². The largest absolute Gasteiger partial charge is 0.467 e. The third-order valence-corrected chi connectivity index (χ3v) is 3.97. The second-order valence-electron chi connectivity index (χ2n) is 5.47. The number of rotatable bonds is 4. The van der Waals surface area contributed by atoms with Crippen LogP contribution in [-0.4, -0.2) is 23.3 Å². The second kappa shape index (κ2) is 6.24. The quantitative estimate of drug-likeness (QED) is 0.943. The monoisotopic (exact) mass is 316 g/mol. The first-order valence-electron chi connectivity index (χ1n) is 7.49. The van der Waals surface area contributed by atoms with Crippen LogP contribution >= 0.6 is 0 Å². The van der Waals surface area contributed by atoms with E-state index in [1.807, 2.05) is 6.92 Å². The number of benzene rings is 1. The molecular formula is C17H17FN2O3. The predicted molar refractivity (Wildman–Crippen MR) is 82.2 cm³/mol. The SMILES string of the molecule is CCN(Cc1ccco1)C(=O)[C@@H]1CC(=O)Nc2cc(F)ccc21. The lowest BCUT2D eigenvalue weighted by Gasteiger charge is -2.29. The number of furan rings is 1. The molecule has 1 aliphatic heterocycles. The number of hydrogen-bond acceptors (Lipinski definition) is 3. The number of nitrogens with one attached hydrogen (secondary N) is 1. The van der Waals surface area contributed by atoms with E-state index in [1.165, 1.54) is 12.1 Å². The van der Waals surface area contributed by atoms with Gasteiger partial charge >= 0.3 is 0 Å². The van der Waals surface area contributed by atoms with Crippen LogP contribution in [0.25, 0.3) is 0 Å². The smallest absolute Gasteiger partial charge is 0.231 e. The highest BCUT2D eigenvalue weighted by Crippen LogP contribution is 2.34. The second-order valence-corrected chi connectivity index (χ2v) is 5.47. The maximum absolute atomic E-state index is 13.4.